The third-order valence-corrected chi connectivity index (χ3v) is 6.68. The summed E-state index contributed by atoms with van der Waals surface area (Å²) in [7, 11) is 4.00. The second-order valence-electron chi connectivity index (χ2n) is 8.44. The molecule has 26 heavy (non-hydrogen) atoms. The molecule has 1 atom stereocenters. The van der Waals surface area contributed by atoms with Crippen LogP contribution in [-0.4, -0.2) is 74.2 Å². The highest BCUT2D eigenvalue weighted by Crippen LogP contribution is 2.28. The summed E-state index contributed by atoms with van der Waals surface area (Å²) in [6, 6.07) is 5.23. The van der Waals surface area contributed by atoms with E-state index in [-0.39, 0.29) is 0 Å². The highest BCUT2D eigenvalue weighted by atomic mass is 16.5. The first kappa shape index (κ1) is 19.7. The topological polar surface area (TPSA) is 19.0 Å². The molecule has 4 heteroatoms. The van der Waals surface area contributed by atoms with E-state index < -0.39 is 0 Å². The molecule has 4 nitrogen and oxygen atoms in total. The third-order valence-electron chi connectivity index (χ3n) is 6.68. The van der Waals surface area contributed by atoms with Crippen LogP contribution in [0, 0.1) is 19.8 Å². The molecule has 0 amide bonds. The maximum Gasteiger partial charge on any atom is 0.122 e. The lowest BCUT2D eigenvalue weighted by Gasteiger charge is -2.42. The summed E-state index contributed by atoms with van der Waals surface area (Å²) >= 11 is 0. The molecule has 2 saturated heterocycles. The number of methoxy groups -OCH3 is 1. The predicted molar refractivity (Wildman–Crippen MR) is 109 cm³/mol. The quantitative estimate of drug-likeness (QED) is 0.804. The molecule has 0 bridgehead atoms. The number of piperidine rings is 1. The van der Waals surface area contributed by atoms with E-state index in [0.717, 1.165) is 24.3 Å². The smallest absolute Gasteiger partial charge is 0.122 e. The van der Waals surface area contributed by atoms with E-state index in [0.29, 0.717) is 0 Å². The molecule has 2 fully saturated rings. The zero-order valence-electron chi connectivity index (χ0n) is 17.4. The summed E-state index contributed by atoms with van der Waals surface area (Å²) in [6.07, 6.45) is 2.67. The Morgan fingerprint density at radius 1 is 1.00 bits per heavy atom. The molecule has 2 heterocycles. The van der Waals surface area contributed by atoms with Crippen LogP contribution in [0.15, 0.2) is 12.1 Å². The summed E-state index contributed by atoms with van der Waals surface area (Å²) in [5.74, 6) is 1.86. The highest BCUT2D eigenvalue weighted by molar-refractivity contribution is 5.41. The number of hydrogen-bond acceptors (Lipinski definition) is 4. The molecule has 2 aliphatic rings. The minimum Gasteiger partial charge on any atom is -0.496 e. The van der Waals surface area contributed by atoms with Crippen molar-refractivity contribution >= 4 is 0 Å². The number of nitrogens with zero attached hydrogens (tertiary/aromatic N) is 3. The van der Waals surface area contributed by atoms with Crippen LogP contribution in [0.25, 0.3) is 0 Å². The lowest BCUT2D eigenvalue weighted by Crippen LogP contribution is -2.51. The first-order valence-corrected chi connectivity index (χ1v) is 10.3. The van der Waals surface area contributed by atoms with Crippen LogP contribution in [0.3, 0.4) is 0 Å². The summed E-state index contributed by atoms with van der Waals surface area (Å²) in [4.78, 5) is 7.81. The molecule has 2 aliphatic heterocycles. The van der Waals surface area contributed by atoms with Crippen LogP contribution >= 0.6 is 0 Å². The second-order valence-corrected chi connectivity index (χ2v) is 8.44. The van der Waals surface area contributed by atoms with E-state index in [9.17, 15) is 0 Å². The van der Waals surface area contributed by atoms with Crippen molar-refractivity contribution in [2.24, 2.45) is 5.92 Å². The summed E-state index contributed by atoms with van der Waals surface area (Å²) in [5, 5.41) is 0. The molecule has 1 aromatic rings. The zero-order valence-corrected chi connectivity index (χ0v) is 17.4. The van der Waals surface area contributed by atoms with Crippen molar-refractivity contribution in [2.75, 3.05) is 53.4 Å². The minimum atomic E-state index is 0.732. The van der Waals surface area contributed by atoms with Gasteiger partial charge in [0, 0.05) is 38.8 Å². The van der Waals surface area contributed by atoms with E-state index in [1.807, 2.05) is 0 Å². The number of likely N-dealkylation sites (tertiary alicyclic amines) is 1. The van der Waals surface area contributed by atoms with Crippen LogP contribution < -0.4 is 4.74 Å². The predicted octanol–water partition coefficient (Wildman–Crippen LogP) is 3.16. The molecule has 1 aromatic carbocycles. The Kier molecular flexibility index (Phi) is 6.60. The molecule has 3 rings (SSSR count). The van der Waals surface area contributed by atoms with Crippen molar-refractivity contribution in [3.05, 3.63) is 28.8 Å². The average molecular weight is 360 g/mol. The van der Waals surface area contributed by atoms with Gasteiger partial charge in [-0.15, -0.1) is 0 Å². The molecule has 0 radical (unpaired) electrons. The van der Waals surface area contributed by atoms with Gasteiger partial charge in [-0.2, -0.15) is 0 Å². The van der Waals surface area contributed by atoms with Gasteiger partial charge in [0.15, 0.2) is 0 Å². The number of ether oxygens (including phenoxy) is 1. The number of rotatable bonds is 5. The third kappa shape index (κ3) is 4.59. The molecule has 0 spiro atoms. The Morgan fingerprint density at radius 2 is 1.65 bits per heavy atom. The minimum absolute atomic E-state index is 0.732. The van der Waals surface area contributed by atoms with Gasteiger partial charge in [0.1, 0.15) is 5.75 Å². The van der Waals surface area contributed by atoms with Gasteiger partial charge >= 0.3 is 0 Å². The van der Waals surface area contributed by atoms with Crippen molar-refractivity contribution < 1.29 is 4.74 Å². The maximum atomic E-state index is 5.45. The average Bonchev–Trinajstić information content (AvgIpc) is 2.65. The van der Waals surface area contributed by atoms with Gasteiger partial charge in [0.05, 0.1) is 7.11 Å². The van der Waals surface area contributed by atoms with Crippen LogP contribution in [0.4, 0.5) is 0 Å². The molecular weight excluding hydrogens is 322 g/mol. The fraction of sp³-hybridized carbons (Fsp3) is 0.727. The maximum absolute atomic E-state index is 5.45. The van der Waals surface area contributed by atoms with Crippen molar-refractivity contribution in [2.45, 2.75) is 46.2 Å². The molecule has 146 valence electrons. The van der Waals surface area contributed by atoms with Gasteiger partial charge in [-0.1, -0.05) is 6.07 Å². The van der Waals surface area contributed by atoms with Crippen molar-refractivity contribution in [3.8, 4) is 5.75 Å². The summed E-state index contributed by atoms with van der Waals surface area (Å²) < 4.78 is 5.45. The normalized spacial score (nSPS) is 22.5. The lowest BCUT2D eigenvalue weighted by atomic mass is 9.88. The van der Waals surface area contributed by atoms with Gasteiger partial charge in [-0.25, -0.2) is 0 Å². The molecule has 0 N–H and O–H groups in total. The standard InChI is InChI=1S/C22H37N3O/c1-17-15-22(26-5)18(2)14-21(17)16-24-8-6-20(7-9-24)19(3)25-12-10-23(4)11-13-25/h14-15,19-20H,6-13,16H2,1-5H3. The summed E-state index contributed by atoms with van der Waals surface area (Å²) in [6.45, 7) is 15.3. The van der Waals surface area contributed by atoms with Crippen LogP contribution in [0.5, 0.6) is 5.75 Å². The summed E-state index contributed by atoms with van der Waals surface area (Å²) in [5.41, 5.74) is 4.04. The van der Waals surface area contributed by atoms with E-state index >= 15 is 0 Å². The van der Waals surface area contributed by atoms with Crippen molar-refractivity contribution in [1.29, 1.82) is 0 Å². The Labute approximate surface area is 160 Å². The number of benzene rings is 1. The first-order chi connectivity index (χ1) is 12.5. The fourth-order valence-corrected chi connectivity index (χ4v) is 4.60. The van der Waals surface area contributed by atoms with Crippen molar-refractivity contribution in [3.63, 3.8) is 0 Å². The van der Waals surface area contributed by atoms with Gasteiger partial charge in [-0.05, 0) is 82.4 Å². The number of piperazine rings is 1. The number of aryl methyl sites for hydroxylation is 2. The van der Waals surface area contributed by atoms with E-state index in [1.165, 1.54) is 68.8 Å². The Balaban J connectivity index is 1.52. The van der Waals surface area contributed by atoms with Gasteiger partial charge in [0.25, 0.3) is 0 Å². The van der Waals surface area contributed by atoms with E-state index in [4.69, 9.17) is 4.74 Å². The van der Waals surface area contributed by atoms with Gasteiger partial charge in [0.2, 0.25) is 0 Å². The Hall–Kier alpha value is -1.10. The molecule has 0 aliphatic carbocycles. The Bertz CT molecular complexity index is 587. The Morgan fingerprint density at radius 3 is 2.27 bits per heavy atom. The SMILES string of the molecule is COc1cc(C)c(CN2CCC(C(C)N3CCN(C)CC3)CC2)cc1C. The van der Waals surface area contributed by atoms with Crippen LogP contribution in [0.1, 0.15) is 36.5 Å². The number of hydrogen-bond donors (Lipinski definition) is 0. The van der Waals surface area contributed by atoms with Crippen LogP contribution in [0.2, 0.25) is 0 Å². The van der Waals surface area contributed by atoms with Gasteiger partial charge in [-0.3, -0.25) is 9.80 Å². The molecule has 0 saturated carbocycles. The zero-order chi connectivity index (χ0) is 18.7. The highest BCUT2D eigenvalue weighted by Gasteiger charge is 2.29. The first-order valence-electron chi connectivity index (χ1n) is 10.3. The van der Waals surface area contributed by atoms with E-state index in [2.05, 4.69) is 54.7 Å². The largest absolute Gasteiger partial charge is 0.496 e. The van der Waals surface area contributed by atoms with Gasteiger partial charge < -0.3 is 9.64 Å². The van der Waals surface area contributed by atoms with E-state index in [1.54, 1.807) is 7.11 Å². The van der Waals surface area contributed by atoms with Crippen LogP contribution in [-0.2, 0) is 6.54 Å². The van der Waals surface area contributed by atoms with Crippen molar-refractivity contribution in [1.82, 2.24) is 14.7 Å². The monoisotopic (exact) mass is 359 g/mol. The fourth-order valence-electron chi connectivity index (χ4n) is 4.60. The molecule has 1 unspecified atom stereocenters. The molecule has 0 aromatic heterocycles. The number of likely N-dealkylation sites (N-methyl/N-ethyl adjacent to an activating group) is 1. The lowest BCUT2D eigenvalue weighted by molar-refractivity contribution is 0.0598. The second kappa shape index (κ2) is 8.73. The molecular formula is C22H37N3O.